The van der Waals surface area contributed by atoms with Gasteiger partial charge in [0.05, 0.1) is 4.90 Å². The van der Waals surface area contributed by atoms with Crippen LogP contribution in [0.3, 0.4) is 0 Å². The number of nitrogens with two attached hydrogens (primary N) is 1. The number of hydrogen-bond acceptors (Lipinski definition) is 4. The summed E-state index contributed by atoms with van der Waals surface area (Å²) < 4.78 is 23.2. The van der Waals surface area contributed by atoms with E-state index in [4.69, 9.17) is 5.14 Å². The van der Waals surface area contributed by atoms with Gasteiger partial charge >= 0.3 is 0 Å². The number of anilines is 1. The van der Waals surface area contributed by atoms with Gasteiger partial charge < -0.3 is 5.32 Å². The average Bonchev–Trinajstić information content (AvgIpc) is 2.80. The lowest BCUT2D eigenvalue weighted by Crippen LogP contribution is -2.29. The Hall–Kier alpha value is -2.71. The molecular weight excluding hydrogens is 458 g/mol. The van der Waals surface area contributed by atoms with Crippen molar-refractivity contribution in [3.63, 3.8) is 0 Å². The molecule has 174 valence electrons. The van der Waals surface area contributed by atoms with E-state index >= 15 is 0 Å². The molecular formula is C25H28ClN3O3S. The van der Waals surface area contributed by atoms with Crippen LogP contribution in [0.2, 0.25) is 0 Å². The molecule has 3 aromatic rings. The number of nitrogens with zero attached hydrogens (tertiary/aromatic N) is 1. The SMILES string of the molecule is Cl.NS(=O)(=O)c1cccc(NC(=O)c2ccc(-c3ccccc3)c(CN3CCCCC3)c2)c1. The molecule has 1 fully saturated rings. The number of primary sulfonamides is 1. The molecule has 33 heavy (non-hydrogen) atoms. The Labute approximate surface area is 201 Å². The minimum Gasteiger partial charge on any atom is -0.322 e. The summed E-state index contributed by atoms with van der Waals surface area (Å²) in [6.07, 6.45) is 3.66. The average molecular weight is 486 g/mol. The fourth-order valence-electron chi connectivity index (χ4n) is 4.08. The Kier molecular flexibility index (Phi) is 8.26. The minimum atomic E-state index is -3.84. The van der Waals surface area contributed by atoms with Crippen LogP contribution >= 0.6 is 12.4 Å². The number of carbonyl (C=O) groups excluding carboxylic acids is 1. The number of piperidine rings is 1. The molecule has 0 aliphatic carbocycles. The molecule has 1 amide bonds. The summed E-state index contributed by atoms with van der Waals surface area (Å²) in [5, 5.41) is 7.99. The Morgan fingerprint density at radius 2 is 1.64 bits per heavy atom. The maximum Gasteiger partial charge on any atom is 0.255 e. The summed E-state index contributed by atoms with van der Waals surface area (Å²) >= 11 is 0. The van der Waals surface area contributed by atoms with Crippen molar-refractivity contribution < 1.29 is 13.2 Å². The Morgan fingerprint density at radius 3 is 2.33 bits per heavy atom. The number of hydrogen-bond donors (Lipinski definition) is 2. The molecule has 1 aliphatic heterocycles. The second-order valence-corrected chi connectivity index (χ2v) is 9.66. The van der Waals surface area contributed by atoms with Crippen LogP contribution in [-0.2, 0) is 16.6 Å². The summed E-state index contributed by atoms with van der Waals surface area (Å²) in [6, 6.07) is 21.9. The van der Waals surface area contributed by atoms with Gasteiger partial charge in [0.2, 0.25) is 10.0 Å². The predicted octanol–water partition coefficient (Wildman–Crippen LogP) is 4.66. The lowest BCUT2D eigenvalue weighted by Gasteiger charge is -2.27. The van der Waals surface area contributed by atoms with E-state index in [0.29, 0.717) is 11.3 Å². The van der Waals surface area contributed by atoms with E-state index in [-0.39, 0.29) is 23.2 Å². The molecule has 1 heterocycles. The van der Waals surface area contributed by atoms with Crippen molar-refractivity contribution in [1.82, 2.24) is 4.90 Å². The van der Waals surface area contributed by atoms with Gasteiger partial charge in [0.15, 0.2) is 0 Å². The number of nitrogens with one attached hydrogen (secondary N) is 1. The second-order valence-electron chi connectivity index (χ2n) is 8.10. The zero-order chi connectivity index (χ0) is 22.6. The van der Waals surface area contributed by atoms with E-state index in [0.717, 1.165) is 36.3 Å². The Balaban J connectivity index is 0.00000306. The van der Waals surface area contributed by atoms with Crippen LogP contribution in [0.25, 0.3) is 11.1 Å². The van der Waals surface area contributed by atoms with E-state index in [1.807, 2.05) is 30.3 Å². The van der Waals surface area contributed by atoms with Crippen molar-refractivity contribution in [2.45, 2.75) is 30.7 Å². The quantitative estimate of drug-likeness (QED) is 0.531. The molecule has 6 nitrogen and oxygen atoms in total. The number of likely N-dealkylation sites (tertiary alicyclic amines) is 1. The molecule has 0 atom stereocenters. The first-order chi connectivity index (χ1) is 15.4. The predicted molar refractivity (Wildman–Crippen MR) is 134 cm³/mol. The first kappa shape index (κ1) is 24.9. The van der Waals surface area contributed by atoms with Crippen molar-refractivity contribution in [1.29, 1.82) is 0 Å². The van der Waals surface area contributed by atoms with Gasteiger partial charge in [-0.15, -0.1) is 12.4 Å². The third-order valence-corrected chi connectivity index (χ3v) is 6.63. The summed E-state index contributed by atoms with van der Waals surface area (Å²) in [5.41, 5.74) is 4.24. The fourth-order valence-corrected chi connectivity index (χ4v) is 4.64. The lowest BCUT2D eigenvalue weighted by atomic mass is 9.96. The number of halogens is 1. The maximum absolute atomic E-state index is 13.0. The van der Waals surface area contributed by atoms with Gasteiger partial charge in [0.25, 0.3) is 5.91 Å². The Bertz CT molecular complexity index is 1210. The van der Waals surface area contributed by atoms with Crippen molar-refractivity contribution >= 4 is 34.0 Å². The highest BCUT2D eigenvalue weighted by Crippen LogP contribution is 2.27. The van der Waals surface area contributed by atoms with Crippen LogP contribution in [0, 0.1) is 0 Å². The molecule has 8 heteroatoms. The summed E-state index contributed by atoms with van der Waals surface area (Å²) in [7, 11) is -3.84. The molecule has 3 aromatic carbocycles. The highest BCUT2D eigenvalue weighted by atomic mass is 35.5. The molecule has 4 rings (SSSR count). The summed E-state index contributed by atoms with van der Waals surface area (Å²) in [5.74, 6) is -0.295. The largest absolute Gasteiger partial charge is 0.322 e. The van der Waals surface area contributed by atoms with Gasteiger partial charge in [-0.1, -0.05) is 48.9 Å². The van der Waals surface area contributed by atoms with Crippen molar-refractivity contribution in [3.8, 4) is 11.1 Å². The van der Waals surface area contributed by atoms with Crippen molar-refractivity contribution in [2.75, 3.05) is 18.4 Å². The summed E-state index contributed by atoms with van der Waals surface area (Å²) in [6.45, 7) is 2.91. The first-order valence-electron chi connectivity index (χ1n) is 10.7. The second kappa shape index (κ2) is 10.9. The molecule has 0 bridgehead atoms. The topological polar surface area (TPSA) is 92.5 Å². The lowest BCUT2D eigenvalue weighted by molar-refractivity contribution is 0.102. The molecule has 0 saturated carbocycles. The first-order valence-corrected chi connectivity index (χ1v) is 12.3. The minimum absolute atomic E-state index is 0. The highest BCUT2D eigenvalue weighted by Gasteiger charge is 2.16. The van der Waals surface area contributed by atoms with Crippen LogP contribution in [0.15, 0.2) is 77.7 Å². The van der Waals surface area contributed by atoms with Gasteiger partial charge in [-0.05, 0) is 73.0 Å². The normalized spacial score (nSPS) is 14.3. The molecule has 0 unspecified atom stereocenters. The number of benzene rings is 3. The third-order valence-electron chi connectivity index (χ3n) is 5.72. The van der Waals surface area contributed by atoms with E-state index in [9.17, 15) is 13.2 Å². The monoisotopic (exact) mass is 485 g/mol. The van der Waals surface area contributed by atoms with E-state index in [2.05, 4.69) is 22.3 Å². The number of sulfonamides is 1. The standard InChI is InChI=1S/C25H27N3O3S.ClH/c26-32(30,31)23-11-7-10-22(17-23)27-25(29)20-12-13-24(19-8-3-1-4-9-19)21(16-20)18-28-14-5-2-6-15-28;/h1,3-4,7-13,16-17H,2,5-6,14-15,18H2,(H,27,29)(H2,26,30,31);1H. The third kappa shape index (κ3) is 6.42. The maximum atomic E-state index is 13.0. The van der Waals surface area contributed by atoms with Gasteiger partial charge in [0.1, 0.15) is 0 Å². The zero-order valence-electron chi connectivity index (χ0n) is 18.2. The van der Waals surface area contributed by atoms with Gasteiger partial charge in [0, 0.05) is 17.8 Å². The number of amides is 1. The highest BCUT2D eigenvalue weighted by molar-refractivity contribution is 7.89. The summed E-state index contributed by atoms with van der Waals surface area (Å²) in [4.78, 5) is 15.4. The molecule has 0 aromatic heterocycles. The molecule has 1 aliphatic rings. The molecule has 3 N–H and O–H groups in total. The molecule has 0 radical (unpaired) electrons. The van der Waals surface area contributed by atoms with Crippen molar-refractivity contribution in [3.05, 3.63) is 83.9 Å². The zero-order valence-corrected chi connectivity index (χ0v) is 19.9. The van der Waals surface area contributed by atoms with Crippen LogP contribution in [-0.4, -0.2) is 32.3 Å². The Morgan fingerprint density at radius 1 is 0.909 bits per heavy atom. The van der Waals surface area contributed by atoms with Gasteiger partial charge in [-0.3, -0.25) is 9.69 Å². The van der Waals surface area contributed by atoms with Crippen LogP contribution in [0.5, 0.6) is 0 Å². The van der Waals surface area contributed by atoms with Crippen LogP contribution in [0.1, 0.15) is 35.2 Å². The fraction of sp³-hybridized carbons (Fsp3) is 0.240. The van der Waals surface area contributed by atoms with Crippen molar-refractivity contribution in [2.24, 2.45) is 5.14 Å². The van der Waals surface area contributed by atoms with Gasteiger partial charge in [-0.2, -0.15) is 0 Å². The van der Waals surface area contributed by atoms with E-state index < -0.39 is 10.0 Å². The molecule has 1 saturated heterocycles. The van der Waals surface area contributed by atoms with E-state index in [1.165, 1.54) is 31.4 Å². The smallest absolute Gasteiger partial charge is 0.255 e. The molecule has 0 spiro atoms. The van der Waals surface area contributed by atoms with Crippen LogP contribution in [0.4, 0.5) is 5.69 Å². The van der Waals surface area contributed by atoms with Crippen LogP contribution < -0.4 is 10.5 Å². The van der Waals surface area contributed by atoms with E-state index in [1.54, 1.807) is 18.2 Å². The number of carbonyl (C=O) groups is 1. The number of rotatable bonds is 6. The van der Waals surface area contributed by atoms with Gasteiger partial charge in [-0.25, -0.2) is 13.6 Å².